The summed E-state index contributed by atoms with van der Waals surface area (Å²) in [6, 6.07) is 22.4. The summed E-state index contributed by atoms with van der Waals surface area (Å²) < 4.78 is 2.82. The van der Waals surface area contributed by atoms with Crippen LogP contribution in [-0.4, -0.2) is 0 Å². The molecule has 0 aliphatic carbocycles. The second-order valence-electron chi connectivity index (χ2n) is 6.34. The third-order valence-corrected chi connectivity index (χ3v) is 6.31. The largest absolute Gasteiger partial charge is 0.135 e. The van der Waals surface area contributed by atoms with Gasteiger partial charge in [0, 0.05) is 20.2 Å². The van der Waals surface area contributed by atoms with Crippen LogP contribution in [0.25, 0.3) is 41.7 Å². The Balaban J connectivity index is 2.01. The summed E-state index contributed by atoms with van der Waals surface area (Å²) in [6.45, 7) is 4.44. The maximum atomic E-state index is 2.38. The van der Waals surface area contributed by atoms with E-state index in [1.807, 2.05) is 11.3 Å². The molecule has 0 bridgehead atoms. The summed E-state index contributed by atoms with van der Waals surface area (Å²) in [5, 5.41) is 8.12. The van der Waals surface area contributed by atoms with Crippen molar-refractivity contribution >= 4 is 53.1 Å². The molecule has 0 N–H and O–H groups in total. The molecule has 0 unspecified atom stereocenters. The lowest BCUT2D eigenvalue weighted by atomic mass is 9.99. The van der Waals surface area contributed by atoms with Crippen molar-refractivity contribution in [3.8, 4) is 0 Å². The van der Waals surface area contributed by atoms with Crippen LogP contribution in [0.15, 0.2) is 60.7 Å². The first-order valence-electron chi connectivity index (χ1n) is 7.96. The highest BCUT2D eigenvalue weighted by Crippen LogP contribution is 2.40. The monoisotopic (exact) mass is 312 g/mol. The highest BCUT2D eigenvalue weighted by atomic mass is 32.1. The molecular weight excluding hydrogens is 296 g/mol. The van der Waals surface area contributed by atoms with E-state index >= 15 is 0 Å². The Morgan fingerprint density at radius 3 is 2.39 bits per heavy atom. The van der Waals surface area contributed by atoms with Crippen LogP contribution >= 0.6 is 11.3 Å². The Bertz CT molecular complexity index is 1220. The molecule has 0 amide bonds. The van der Waals surface area contributed by atoms with Crippen molar-refractivity contribution < 1.29 is 0 Å². The second kappa shape index (κ2) is 4.56. The van der Waals surface area contributed by atoms with E-state index in [1.165, 1.54) is 52.8 Å². The summed E-state index contributed by atoms with van der Waals surface area (Å²) in [5.74, 6) is 0. The first kappa shape index (κ1) is 13.1. The predicted octanol–water partition coefficient (Wildman–Crippen LogP) is 6.98. The van der Waals surface area contributed by atoms with E-state index in [4.69, 9.17) is 0 Å². The fourth-order valence-electron chi connectivity index (χ4n) is 3.57. The van der Waals surface area contributed by atoms with Crippen molar-refractivity contribution in [2.24, 2.45) is 0 Å². The molecule has 0 nitrogen and oxygen atoms in total. The van der Waals surface area contributed by atoms with Crippen LogP contribution in [0, 0.1) is 13.8 Å². The Labute approximate surface area is 139 Å². The van der Waals surface area contributed by atoms with Crippen LogP contribution in [0.5, 0.6) is 0 Å². The molecule has 5 rings (SSSR count). The topological polar surface area (TPSA) is 0 Å². The minimum absolute atomic E-state index is 1.31. The number of thiophene rings is 1. The van der Waals surface area contributed by atoms with Crippen LogP contribution < -0.4 is 0 Å². The number of hydrogen-bond acceptors (Lipinski definition) is 1. The average Bonchev–Trinajstić information content (AvgIpc) is 2.94. The van der Waals surface area contributed by atoms with E-state index in [0.717, 1.165) is 0 Å². The molecular formula is C22H16S. The van der Waals surface area contributed by atoms with Crippen LogP contribution in [0.2, 0.25) is 0 Å². The minimum atomic E-state index is 1.31. The molecule has 1 heteroatoms. The van der Waals surface area contributed by atoms with E-state index < -0.39 is 0 Å². The second-order valence-corrected chi connectivity index (χ2v) is 7.39. The normalized spacial score (nSPS) is 11.9. The number of fused-ring (bicyclic) bond motifs is 6. The van der Waals surface area contributed by atoms with Gasteiger partial charge in [-0.1, -0.05) is 48.5 Å². The Morgan fingerprint density at radius 2 is 1.48 bits per heavy atom. The molecule has 0 atom stereocenters. The highest BCUT2D eigenvalue weighted by molar-refractivity contribution is 7.26. The smallest absolute Gasteiger partial charge is 0.0387 e. The minimum Gasteiger partial charge on any atom is -0.135 e. The fraction of sp³-hybridized carbons (Fsp3) is 0.0909. The Kier molecular flexibility index (Phi) is 2.60. The third-order valence-electron chi connectivity index (χ3n) is 5.02. The van der Waals surface area contributed by atoms with Crippen molar-refractivity contribution in [2.45, 2.75) is 13.8 Å². The van der Waals surface area contributed by atoms with Crippen LogP contribution in [-0.2, 0) is 0 Å². The van der Waals surface area contributed by atoms with E-state index in [2.05, 4.69) is 74.5 Å². The Hall–Kier alpha value is -2.38. The molecule has 1 aromatic heterocycles. The maximum absolute atomic E-state index is 2.38. The lowest BCUT2D eigenvalue weighted by molar-refractivity contribution is 1.39. The van der Waals surface area contributed by atoms with Crippen LogP contribution in [0.3, 0.4) is 0 Å². The SMILES string of the molecule is Cc1ccc2c(sc3cc4c(ccc5ccccc54)cc32)c1C. The van der Waals surface area contributed by atoms with Crippen LogP contribution in [0.4, 0.5) is 0 Å². The zero-order valence-corrected chi connectivity index (χ0v) is 14.0. The maximum Gasteiger partial charge on any atom is 0.0387 e. The highest BCUT2D eigenvalue weighted by Gasteiger charge is 2.10. The molecule has 0 aliphatic heterocycles. The zero-order valence-electron chi connectivity index (χ0n) is 13.2. The van der Waals surface area contributed by atoms with Gasteiger partial charge in [0.15, 0.2) is 0 Å². The fourth-order valence-corrected chi connectivity index (χ4v) is 4.85. The first-order chi connectivity index (χ1) is 11.2. The van der Waals surface area contributed by atoms with Gasteiger partial charge in [0.25, 0.3) is 0 Å². The molecule has 110 valence electrons. The van der Waals surface area contributed by atoms with Gasteiger partial charge in [-0.2, -0.15) is 0 Å². The van der Waals surface area contributed by atoms with Crippen molar-refractivity contribution in [1.29, 1.82) is 0 Å². The molecule has 5 aromatic rings. The van der Waals surface area contributed by atoms with Gasteiger partial charge in [0.05, 0.1) is 0 Å². The molecule has 0 fully saturated rings. The predicted molar refractivity (Wildman–Crippen MR) is 104 cm³/mol. The van der Waals surface area contributed by atoms with E-state index in [-0.39, 0.29) is 0 Å². The molecule has 23 heavy (non-hydrogen) atoms. The Morgan fingerprint density at radius 1 is 0.652 bits per heavy atom. The molecule has 0 saturated heterocycles. The van der Waals surface area contributed by atoms with Gasteiger partial charge < -0.3 is 0 Å². The lowest BCUT2D eigenvalue weighted by Crippen LogP contribution is -1.79. The summed E-state index contributed by atoms with van der Waals surface area (Å²) in [7, 11) is 0. The van der Waals surface area contributed by atoms with Crippen molar-refractivity contribution in [3.63, 3.8) is 0 Å². The number of aryl methyl sites for hydroxylation is 2. The number of benzene rings is 4. The van der Waals surface area contributed by atoms with Gasteiger partial charge in [0.2, 0.25) is 0 Å². The van der Waals surface area contributed by atoms with Gasteiger partial charge in [-0.3, -0.25) is 0 Å². The van der Waals surface area contributed by atoms with Gasteiger partial charge in [-0.25, -0.2) is 0 Å². The lowest BCUT2D eigenvalue weighted by Gasteiger charge is -2.04. The summed E-state index contributed by atoms with van der Waals surface area (Å²) in [6.07, 6.45) is 0. The third kappa shape index (κ3) is 1.77. The zero-order chi connectivity index (χ0) is 15.6. The average molecular weight is 312 g/mol. The van der Waals surface area contributed by atoms with Gasteiger partial charge >= 0.3 is 0 Å². The summed E-state index contributed by atoms with van der Waals surface area (Å²) in [5.41, 5.74) is 2.79. The summed E-state index contributed by atoms with van der Waals surface area (Å²) >= 11 is 1.93. The molecule has 4 aromatic carbocycles. The molecule has 0 spiro atoms. The van der Waals surface area contributed by atoms with E-state index in [1.54, 1.807) is 0 Å². The van der Waals surface area contributed by atoms with Crippen molar-refractivity contribution in [1.82, 2.24) is 0 Å². The van der Waals surface area contributed by atoms with E-state index in [0.29, 0.717) is 0 Å². The quantitative estimate of drug-likeness (QED) is 0.271. The van der Waals surface area contributed by atoms with E-state index in [9.17, 15) is 0 Å². The first-order valence-corrected chi connectivity index (χ1v) is 8.78. The number of rotatable bonds is 0. The molecule has 0 saturated carbocycles. The molecule has 0 radical (unpaired) electrons. The standard InChI is InChI=1S/C22H16S/c1-13-7-10-18-20-11-16-9-8-15-5-3-4-6-17(15)19(16)12-21(20)23-22(18)14(13)2/h3-12H,1-2H3. The molecule has 0 aliphatic rings. The van der Waals surface area contributed by atoms with Gasteiger partial charge in [-0.05, 0) is 58.7 Å². The van der Waals surface area contributed by atoms with Gasteiger partial charge in [-0.15, -0.1) is 11.3 Å². The summed E-state index contributed by atoms with van der Waals surface area (Å²) in [4.78, 5) is 0. The van der Waals surface area contributed by atoms with Crippen molar-refractivity contribution in [2.75, 3.05) is 0 Å². The van der Waals surface area contributed by atoms with Gasteiger partial charge in [0.1, 0.15) is 0 Å². The number of hydrogen-bond donors (Lipinski definition) is 0. The van der Waals surface area contributed by atoms with Crippen molar-refractivity contribution in [3.05, 3.63) is 71.8 Å². The molecule has 1 heterocycles. The van der Waals surface area contributed by atoms with Crippen LogP contribution in [0.1, 0.15) is 11.1 Å².